The van der Waals surface area contributed by atoms with E-state index in [1.807, 2.05) is 24.0 Å². The van der Waals surface area contributed by atoms with Crippen LogP contribution in [0.25, 0.3) is 5.70 Å². The Hall–Kier alpha value is -2.37. The monoisotopic (exact) mass is 382 g/mol. The number of nitrogens with zero attached hydrogens (tertiary/aromatic N) is 4. The molecule has 2 heterocycles. The van der Waals surface area contributed by atoms with Crippen molar-refractivity contribution in [2.24, 2.45) is 34.5 Å². The molecule has 2 aromatic rings. The van der Waals surface area contributed by atoms with Gasteiger partial charge >= 0.3 is 0 Å². The van der Waals surface area contributed by atoms with Gasteiger partial charge in [-0.2, -0.15) is 15.3 Å². The largest absolute Gasteiger partial charge is 0.276 e. The lowest BCUT2D eigenvalue weighted by Gasteiger charge is -2.45. The summed E-state index contributed by atoms with van der Waals surface area (Å²) in [6.45, 7) is 4.53. The van der Waals surface area contributed by atoms with Gasteiger partial charge in [0.1, 0.15) is 11.6 Å². The van der Waals surface area contributed by atoms with Crippen molar-refractivity contribution in [3.05, 3.63) is 59.4 Å². The van der Waals surface area contributed by atoms with Crippen molar-refractivity contribution in [2.75, 3.05) is 0 Å². The topological polar surface area (TPSA) is 42.5 Å². The molecule has 146 valence electrons. The van der Waals surface area contributed by atoms with Crippen LogP contribution in [0.1, 0.15) is 44.4 Å². The zero-order chi connectivity index (χ0) is 19.7. The van der Waals surface area contributed by atoms with Crippen LogP contribution in [0, 0.1) is 28.9 Å². The Balaban J connectivity index is 1.69. The number of rotatable bonds is 2. The molecule has 0 amide bonds. The van der Waals surface area contributed by atoms with E-state index in [-0.39, 0.29) is 22.4 Å². The van der Waals surface area contributed by atoms with Crippen LogP contribution in [0.5, 0.6) is 0 Å². The Morgan fingerprint density at radius 2 is 1.82 bits per heavy atom. The lowest BCUT2D eigenvalue weighted by Crippen LogP contribution is -2.48. The van der Waals surface area contributed by atoms with E-state index < -0.39 is 11.6 Å². The molecule has 28 heavy (non-hydrogen) atoms. The van der Waals surface area contributed by atoms with Gasteiger partial charge in [0.05, 0.1) is 23.0 Å². The number of aryl methyl sites for hydroxylation is 1. The minimum Gasteiger partial charge on any atom is -0.276 e. The third-order valence-electron chi connectivity index (χ3n) is 7.70. The predicted octanol–water partition coefficient (Wildman–Crippen LogP) is 5.27. The van der Waals surface area contributed by atoms with Gasteiger partial charge in [0.15, 0.2) is 0 Å². The fourth-order valence-corrected chi connectivity index (χ4v) is 6.23. The van der Waals surface area contributed by atoms with Crippen molar-refractivity contribution in [3.8, 4) is 0 Å². The Morgan fingerprint density at radius 1 is 1.07 bits per heavy atom. The second kappa shape index (κ2) is 5.82. The molecule has 4 unspecified atom stereocenters. The second-order valence-corrected chi connectivity index (χ2v) is 8.70. The SMILES string of the molecule is CC1C(C)[C@]2(c3ccn(C)n3)CCCC13C=C(c1c(F)cccc1F)N=NC32. The van der Waals surface area contributed by atoms with Gasteiger partial charge in [-0.15, -0.1) is 0 Å². The highest BCUT2D eigenvalue weighted by molar-refractivity contribution is 5.67. The van der Waals surface area contributed by atoms with Gasteiger partial charge < -0.3 is 0 Å². The third kappa shape index (κ3) is 2.06. The second-order valence-electron chi connectivity index (χ2n) is 8.70. The molecule has 2 saturated carbocycles. The first-order valence-electron chi connectivity index (χ1n) is 9.98. The number of hydrogen-bond donors (Lipinski definition) is 0. The van der Waals surface area contributed by atoms with E-state index in [4.69, 9.17) is 10.2 Å². The standard InChI is InChI=1S/C22H24F2N4/c1-13-14(2)22(18-8-11-28(3)27-18)10-5-9-21(13)12-17(25-26-20(21)22)19-15(23)6-4-7-16(19)24/h4,6-8,11-14,20H,5,9-10H2,1-3H3/t13?,14?,20?,21?,22-/m0/s1. The summed E-state index contributed by atoms with van der Waals surface area (Å²) in [5, 5.41) is 13.9. The number of hydrogen-bond acceptors (Lipinski definition) is 3. The van der Waals surface area contributed by atoms with Crippen molar-refractivity contribution in [3.63, 3.8) is 0 Å². The summed E-state index contributed by atoms with van der Waals surface area (Å²) in [5.41, 5.74) is 0.887. The molecule has 5 rings (SSSR count). The molecule has 0 saturated heterocycles. The lowest BCUT2D eigenvalue weighted by molar-refractivity contribution is 0.162. The van der Waals surface area contributed by atoms with E-state index >= 15 is 0 Å². The summed E-state index contributed by atoms with van der Waals surface area (Å²) in [6.07, 6.45) is 7.01. The maximum absolute atomic E-state index is 14.4. The molecule has 1 aromatic heterocycles. The van der Waals surface area contributed by atoms with Crippen LogP contribution < -0.4 is 0 Å². The third-order valence-corrected chi connectivity index (χ3v) is 7.70. The molecule has 2 fully saturated rings. The van der Waals surface area contributed by atoms with E-state index in [1.165, 1.54) is 18.2 Å². The van der Waals surface area contributed by atoms with Crippen LogP contribution in [0.15, 0.2) is 46.8 Å². The first-order chi connectivity index (χ1) is 13.4. The first-order valence-corrected chi connectivity index (χ1v) is 9.98. The lowest BCUT2D eigenvalue weighted by atomic mass is 9.61. The summed E-state index contributed by atoms with van der Waals surface area (Å²) >= 11 is 0. The Morgan fingerprint density at radius 3 is 2.50 bits per heavy atom. The Bertz CT molecular complexity index is 989. The molecule has 3 aliphatic rings. The summed E-state index contributed by atoms with van der Waals surface area (Å²) in [4.78, 5) is 0. The van der Waals surface area contributed by atoms with Crippen LogP contribution in [-0.2, 0) is 12.5 Å². The van der Waals surface area contributed by atoms with Gasteiger partial charge in [0, 0.05) is 24.1 Å². The maximum atomic E-state index is 14.4. The molecule has 4 nitrogen and oxygen atoms in total. The highest BCUT2D eigenvalue weighted by Crippen LogP contribution is 2.67. The number of aromatic nitrogens is 2. The van der Waals surface area contributed by atoms with Crippen molar-refractivity contribution >= 4 is 5.70 Å². The van der Waals surface area contributed by atoms with Gasteiger partial charge in [-0.05, 0) is 49.0 Å². The van der Waals surface area contributed by atoms with Gasteiger partial charge in [0.25, 0.3) is 0 Å². The van der Waals surface area contributed by atoms with Crippen molar-refractivity contribution in [1.29, 1.82) is 0 Å². The molecule has 0 N–H and O–H groups in total. The molecular weight excluding hydrogens is 358 g/mol. The van der Waals surface area contributed by atoms with Crippen LogP contribution in [-0.4, -0.2) is 15.8 Å². The average Bonchev–Trinajstić information content (AvgIpc) is 3.15. The number of halogens is 2. The summed E-state index contributed by atoms with van der Waals surface area (Å²) in [6, 6.07) is 5.97. The van der Waals surface area contributed by atoms with E-state index in [9.17, 15) is 8.78 Å². The van der Waals surface area contributed by atoms with E-state index in [0.717, 1.165) is 25.0 Å². The summed E-state index contributed by atoms with van der Waals surface area (Å²) < 4.78 is 30.7. The maximum Gasteiger partial charge on any atom is 0.135 e. The molecule has 1 aromatic carbocycles. The normalized spacial score (nSPS) is 36.3. The fraction of sp³-hybridized carbons (Fsp3) is 0.500. The zero-order valence-electron chi connectivity index (χ0n) is 16.4. The minimum absolute atomic E-state index is 0.0489. The molecule has 6 heteroatoms. The van der Waals surface area contributed by atoms with Crippen molar-refractivity contribution in [2.45, 2.75) is 44.6 Å². The quantitative estimate of drug-likeness (QED) is 0.698. The molecule has 0 radical (unpaired) electrons. The average molecular weight is 382 g/mol. The van der Waals surface area contributed by atoms with Crippen molar-refractivity contribution in [1.82, 2.24) is 9.78 Å². The number of azo groups is 1. The minimum atomic E-state index is -0.592. The van der Waals surface area contributed by atoms with E-state index in [1.54, 1.807) is 0 Å². The molecule has 2 bridgehead atoms. The first kappa shape index (κ1) is 17.7. The molecule has 0 spiro atoms. The Kier molecular flexibility index (Phi) is 3.68. The highest BCUT2D eigenvalue weighted by Gasteiger charge is 2.68. The van der Waals surface area contributed by atoms with Gasteiger partial charge in [-0.1, -0.05) is 26.3 Å². The van der Waals surface area contributed by atoms with Crippen molar-refractivity contribution < 1.29 is 8.78 Å². The molecular formula is C22H24F2N4. The van der Waals surface area contributed by atoms with Crippen LogP contribution in [0.4, 0.5) is 8.78 Å². The van der Waals surface area contributed by atoms with Gasteiger partial charge in [-0.25, -0.2) is 8.78 Å². The predicted molar refractivity (Wildman–Crippen MR) is 102 cm³/mol. The smallest absolute Gasteiger partial charge is 0.135 e. The summed E-state index contributed by atoms with van der Waals surface area (Å²) in [5.74, 6) is -0.530. The number of benzene rings is 1. The molecule has 2 aliphatic carbocycles. The van der Waals surface area contributed by atoms with E-state index in [2.05, 4.69) is 25.0 Å². The Labute approximate surface area is 163 Å². The van der Waals surface area contributed by atoms with Crippen LogP contribution in [0.3, 0.4) is 0 Å². The highest BCUT2D eigenvalue weighted by atomic mass is 19.1. The van der Waals surface area contributed by atoms with Crippen LogP contribution in [0.2, 0.25) is 0 Å². The van der Waals surface area contributed by atoms with E-state index in [0.29, 0.717) is 17.5 Å². The molecule has 5 atom stereocenters. The van der Waals surface area contributed by atoms with Gasteiger partial charge in [0.2, 0.25) is 0 Å². The summed E-state index contributed by atoms with van der Waals surface area (Å²) in [7, 11) is 1.93. The zero-order valence-corrected chi connectivity index (χ0v) is 16.4. The fourth-order valence-electron chi connectivity index (χ4n) is 6.23. The molecule has 1 aliphatic heterocycles. The van der Waals surface area contributed by atoms with Crippen LogP contribution >= 0.6 is 0 Å². The van der Waals surface area contributed by atoms with Gasteiger partial charge in [-0.3, -0.25) is 4.68 Å².